The Labute approximate surface area is 241 Å². The second kappa shape index (κ2) is 10.6. The number of para-hydroxylation sites is 1. The normalized spacial score (nSPS) is 18.6. The van der Waals surface area contributed by atoms with E-state index in [1.807, 2.05) is 58.9 Å². The van der Waals surface area contributed by atoms with Crippen LogP contribution >= 0.6 is 23.1 Å². The molecule has 206 valence electrons. The zero-order chi connectivity index (χ0) is 28.8. The summed E-state index contributed by atoms with van der Waals surface area (Å²) in [5, 5.41) is 22.3. The van der Waals surface area contributed by atoms with Gasteiger partial charge in [0.15, 0.2) is 10.1 Å². The van der Waals surface area contributed by atoms with Crippen molar-refractivity contribution in [1.82, 2.24) is 10.2 Å². The van der Waals surface area contributed by atoms with Crippen LogP contribution in [-0.4, -0.2) is 27.6 Å². The highest BCUT2D eigenvalue weighted by Gasteiger charge is 2.46. The largest absolute Gasteiger partial charge is 0.465 e. The number of benzene rings is 1. The van der Waals surface area contributed by atoms with Crippen molar-refractivity contribution in [2.45, 2.75) is 57.7 Å². The van der Waals surface area contributed by atoms with E-state index in [0.717, 1.165) is 16.8 Å². The van der Waals surface area contributed by atoms with E-state index in [2.05, 4.69) is 21.6 Å². The zero-order valence-electron chi connectivity index (χ0n) is 23.0. The third-order valence-corrected chi connectivity index (χ3v) is 9.13. The lowest BCUT2D eigenvalue weighted by molar-refractivity contribution is -0.118. The van der Waals surface area contributed by atoms with Gasteiger partial charge >= 0.3 is 0 Å². The first-order valence-electron chi connectivity index (χ1n) is 12.8. The van der Waals surface area contributed by atoms with Crippen LogP contribution in [0.15, 0.2) is 61.8 Å². The minimum absolute atomic E-state index is 0.0437. The number of aryl methyl sites for hydroxylation is 3. The molecule has 0 bridgehead atoms. The Morgan fingerprint density at radius 3 is 2.60 bits per heavy atom. The monoisotopic (exact) mass is 574 g/mol. The van der Waals surface area contributed by atoms with E-state index in [1.54, 1.807) is 11.0 Å². The molecule has 11 heteroatoms. The molecule has 5 rings (SSSR count). The summed E-state index contributed by atoms with van der Waals surface area (Å²) >= 11 is 2.53. The Hall–Kier alpha value is -3.88. The summed E-state index contributed by atoms with van der Waals surface area (Å²) in [6.07, 6.45) is 0.908. The van der Waals surface area contributed by atoms with Gasteiger partial charge in [0.2, 0.25) is 11.0 Å². The number of nitrogens with zero attached hydrogens (tertiary/aromatic N) is 4. The third kappa shape index (κ3) is 5.17. The second-order valence-electron chi connectivity index (χ2n) is 10.9. The molecule has 2 aliphatic rings. The number of ketones is 1. The molecule has 1 aliphatic heterocycles. The summed E-state index contributed by atoms with van der Waals surface area (Å²) in [6.45, 7) is 9.80. The van der Waals surface area contributed by atoms with Gasteiger partial charge in [-0.25, -0.2) is 0 Å². The number of nitrogens with one attached hydrogen (secondary N) is 1. The SMILES string of the molecule is Cc1ccc(C2C(C#N)=C(N)N(c3nnc(SCC(=O)Nc4c(C)cccc4C)s3)C3=C2C(=O)CC(C)(C)C3)o1. The van der Waals surface area contributed by atoms with Crippen molar-refractivity contribution in [3.05, 3.63) is 75.6 Å². The minimum Gasteiger partial charge on any atom is -0.465 e. The Morgan fingerprint density at radius 2 is 1.95 bits per heavy atom. The Balaban J connectivity index is 1.45. The van der Waals surface area contributed by atoms with E-state index >= 15 is 0 Å². The molecule has 3 aromatic rings. The molecule has 40 heavy (non-hydrogen) atoms. The summed E-state index contributed by atoms with van der Waals surface area (Å²) in [4.78, 5) is 28.0. The first-order valence-corrected chi connectivity index (χ1v) is 14.6. The van der Waals surface area contributed by atoms with Gasteiger partial charge in [0, 0.05) is 23.4 Å². The highest BCUT2D eigenvalue weighted by Crippen LogP contribution is 2.51. The van der Waals surface area contributed by atoms with Crippen LogP contribution in [0.2, 0.25) is 0 Å². The van der Waals surface area contributed by atoms with Crippen LogP contribution < -0.4 is 16.0 Å². The van der Waals surface area contributed by atoms with Crippen LogP contribution in [0.25, 0.3) is 0 Å². The molecule has 2 aromatic heterocycles. The maximum absolute atomic E-state index is 13.6. The standard InChI is InChI=1S/C29H30N6O3S2/c1-15-7-6-8-16(2)25(15)32-22(37)14-39-28-34-33-27(40-28)35-19-11-29(4,5)12-20(36)24(19)23(18(13-30)26(35)31)21-10-9-17(3)38-21/h6-10,23H,11-12,14,31H2,1-5H3,(H,32,37). The van der Waals surface area contributed by atoms with E-state index in [0.29, 0.717) is 45.1 Å². The number of nitrogens with two attached hydrogens (primary N) is 1. The van der Waals surface area contributed by atoms with Crippen molar-refractivity contribution in [2.24, 2.45) is 11.1 Å². The molecule has 0 spiro atoms. The summed E-state index contributed by atoms with van der Waals surface area (Å²) in [5.74, 6) is 0.681. The summed E-state index contributed by atoms with van der Waals surface area (Å²) in [7, 11) is 0. The number of hydrogen-bond donors (Lipinski definition) is 2. The van der Waals surface area contributed by atoms with Crippen molar-refractivity contribution >= 4 is 45.6 Å². The average Bonchev–Trinajstić information content (AvgIpc) is 3.52. The highest BCUT2D eigenvalue weighted by molar-refractivity contribution is 8.01. The smallest absolute Gasteiger partial charge is 0.234 e. The molecule has 9 nitrogen and oxygen atoms in total. The number of hydrogen-bond acceptors (Lipinski definition) is 10. The molecule has 0 saturated heterocycles. The predicted molar refractivity (Wildman–Crippen MR) is 156 cm³/mol. The van der Waals surface area contributed by atoms with E-state index in [4.69, 9.17) is 10.2 Å². The number of carbonyl (C=O) groups excluding carboxylic acids is 2. The number of aromatic nitrogens is 2. The first-order chi connectivity index (χ1) is 19.0. The fourth-order valence-electron chi connectivity index (χ4n) is 5.29. The number of carbonyl (C=O) groups is 2. The summed E-state index contributed by atoms with van der Waals surface area (Å²) in [5.41, 5.74) is 10.6. The fraction of sp³-hybridized carbons (Fsp3) is 0.345. The van der Waals surface area contributed by atoms with Crippen LogP contribution in [0.4, 0.5) is 10.8 Å². The van der Waals surface area contributed by atoms with E-state index in [9.17, 15) is 14.9 Å². The Bertz CT molecular complexity index is 1600. The quantitative estimate of drug-likeness (QED) is 0.354. The van der Waals surface area contributed by atoms with Crippen LogP contribution in [0.3, 0.4) is 0 Å². The molecule has 1 aromatic carbocycles. The topological polar surface area (TPSA) is 138 Å². The van der Waals surface area contributed by atoms with Crippen molar-refractivity contribution in [3.63, 3.8) is 0 Å². The van der Waals surface area contributed by atoms with Gasteiger partial charge in [0.25, 0.3) is 0 Å². The molecule has 3 heterocycles. The van der Waals surface area contributed by atoms with Gasteiger partial charge in [-0.05, 0) is 55.9 Å². The van der Waals surface area contributed by atoms with Crippen molar-refractivity contribution < 1.29 is 14.0 Å². The Kier molecular flexibility index (Phi) is 7.33. The van der Waals surface area contributed by atoms with Crippen LogP contribution in [0, 0.1) is 37.5 Å². The van der Waals surface area contributed by atoms with Gasteiger partial charge in [-0.1, -0.05) is 55.1 Å². The van der Waals surface area contributed by atoms with Gasteiger partial charge in [0.1, 0.15) is 17.3 Å². The summed E-state index contributed by atoms with van der Waals surface area (Å²) < 4.78 is 6.47. The van der Waals surface area contributed by atoms with Crippen LogP contribution in [0.1, 0.15) is 55.3 Å². The molecular formula is C29H30N6O3S2. The van der Waals surface area contributed by atoms with Gasteiger partial charge in [-0.15, -0.1) is 10.2 Å². The first kappa shape index (κ1) is 27.7. The molecule has 0 saturated carbocycles. The number of thioether (sulfide) groups is 1. The van der Waals surface area contributed by atoms with Crippen molar-refractivity contribution in [1.29, 1.82) is 5.26 Å². The maximum Gasteiger partial charge on any atom is 0.234 e. The van der Waals surface area contributed by atoms with Crippen LogP contribution in [-0.2, 0) is 9.59 Å². The van der Waals surface area contributed by atoms with E-state index in [-0.39, 0.29) is 34.3 Å². The number of furan rings is 1. The van der Waals surface area contributed by atoms with Gasteiger partial charge in [-0.3, -0.25) is 14.5 Å². The molecule has 0 radical (unpaired) electrons. The van der Waals surface area contributed by atoms with Crippen LogP contribution in [0.5, 0.6) is 0 Å². The van der Waals surface area contributed by atoms with Crippen molar-refractivity contribution in [2.75, 3.05) is 16.0 Å². The minimum atomic E-state index is -0.677. The molecule has 1 aliphatic carbocycles. The van der Waals surface area contributed by atoms with E-state index < -0.39 is 5.92 Å². The van der Waals surface area contributed by atoms with Gasteiger partial charge < -0.3 is 15.5 Å². The fourth-order valence-corrected chi connectivity index (χ4v) is 6.97. The highest BCUT2D eigenvalue weighted by atomic mass is 32.2. The lowest BCUT2D eigenvalue weighted by Crippen LogP contribution is -2.42. The predicted octanol–water partition coefficient (Wildman–Crippen LogP) is 5.73. The van der Waals surface area contributed by atoms with Crippen molar-refractivity contribution in [3.8, 4) is 6.07 Å². The van der Waals surface area contributed by atoms with Gasteiger partial charge in [-0.2, -0.15) is 5.26 Å². The molecule has 1 amide bonds. The number of anilines is 2. The number of nitriles is 1. The maximum atomic E-state index is 13.6. The number of rotatable bonds is 6. The second-order valence-corrected chi connectivity index (χ2v) is 13.1. The lowest BCUT2D eigenvalue weighted by atomic mass is 9.69. The number of allylic oxidation sites excluding steroid dienone is 3. The average molecular weight is 575 g/mol. The molecule has 1 unspecified atom stereocenters. The van der Waals surface area contributed by atoms with Gasteiger partial charge in [0.05, 0.1) is 23.3 Å². The Morgan fingerprint density at radius 1 is 1.23 bits per heavy atom. The third-order valence-electron chi connectivity index (χ3n) is 7.09. The summed E-state index contributed by atoms with van der Waals surface area (Å²) in [6, 6.07) is 11.7. The molecular weight excluding hydrogens is 544 g/mol. The zero-order valence-corrected chi connectivity index (χ0v) is 24.6. The number of Topliss-reactive ketones (excluding diaryl/α,β-unsaturated/α-hetero) is 1. The molecule has 0 fully saturated rings. The molecule has 3 N–H and O–H groups in total. The lowest BCUT2D eigenvalue weighted by Gasteiger charge is -2.42. The molecule has 1 atom stereocenters. The number of amides is 1. The van der Waals surface area contributed by atoms with E-state index in [1.165, 1.54) is 23.1 Å².